The molecule has 176 valence electrons. The van der Waals surface area contributed by atoms with Gasteiger partial charge in [-0.25, -0.2) is 4.98 Å². The number of benzene rings is 1. The Kier molecular flexibility index (Phi) is 5.61. The van der Waals surface area contributed by atoms with Gasteiger partial charge >= 0.3 is 0 Å². The summed E-state index contributed by atoms with van der Waals surface area (Å²) in [6.07, 6.45) is 9.28. The van der Waals surface area contributed by atoms with Gasteiger partial charge in [0.2, 0.25) is 0 Å². The van der Waals surface area contributed by atoms with Crippen molar-refractivity contribution in [2.45, 2.75) is 33.2 Å². The summed E-state index contributed by atoms with van der Waals surface area (Å²) in [6, 6.07) is 8.19. The Bertz CT molecular complexity index is 1340. The minimum atomic E-state index is -0.181. The van der Waals surface area contributed by atoms with Gasteiger partial charge in [0.05, 0.1) is 36.2 Å². The molecule has 0 radical (unpaired) electrons. The molecule has 3 aromatic heterocycles. The van der Waals surface area contributed by atoms with Gasteiger partial charge in [-0.1, -0.05) is 6.07 Å². The van der Waals surface area contributed by atoms with Crippen LogP contribution in [-0.4, -0.2) is 51.4 Å². The number of pyridine rings is 1. The minimum Gasteiger partial charge on any atom is -0.378 e. The van der Waals surface area contributed by atoms with Crippen molar-refractivity contribution in [3.05, 3.63) is 66.4 Å². The third kappa shape index (κ3) is 4.28. The molecule has 1 saturated heterocycles. The van der Waals surface area contributed by atoms with E-state index < -0.39 is 0 Å². The van der Waals surface area contributed by atoms with Crippen LogP contribution < -0.4 is 10.2 Å². The summed E-state index contributed by atoms with van der Waals surface area (Å²) in [5.74, 6) is -0.177. The number of fused-ring (bicyclic) bond motifs is 1. The SMILES string of the molecule is Cc1ccc(NC(=O)c2cnn(C(C)(C)C)c2)cc1-c1cc(N2CCOCC2)c2nccn2c1. The fraction of sp³-hybridized carbons (Fsp3) is 0.346. The van der Waals surface area contributed by atoms with Gasteiger partial charge in [-0.2, -0.15) is 5.10 Å². The topological polar surface area (TPSA) is 76.7 Å². The molecule has 1 amide bonds. The van der Waals surface area contributed by atoms with Crippen LogP contribution >= 0.6 is 0 Å². The van der Waals surface area contributed by atoms with E-state index in [2.05, 4.69) is 64.7 Å². The average molecular weight is 459 g/mol. The zero-order valence-electron chi connectivity index (χ0n) is 20.1. The molecule has 4 aromatic rings. The fourth-order valence-corrected chi connectivity index (χ4v) is 4.22. The second kappa shape index (κ2) is 8.61. The highest BCUT2D eigenvalue weighted by molar-refractivity contribution is 6.04. The minimum absolute atomic E-state index is 0.177. The van der Waals surface area contributed by atoms with Gasteiger partial charge < -0.3 is 19.4 Å². The number of nitrogens with zero attached hydrogens (tertiary/aromatic N) is 5. The first-order valence-corrected chi connectivity index (χ1v) is 11.6. The number of rotatable bonds is 4. The number of hydrogen-bond acceptors (Lipinski definition) is 5. The van der Waals surface area contributed by atoms with Crippen LogP contribution in [0.3, 0.4) is 0 Å². The molecule has 1 aliphatic heterocycles. The molecule has 1 aromatic carbocycles. The van der Waals surface area contributed by atoms with Crippen molar-refractivity contribution in [3.8, 4) is 11.1 Å². The summed E-state index contributed by atoms with van der Waals surface area (Å²) in [5, 5.41) is 7.37. The molecule has 0 unspecified atom stereocenters. The van der Waals surface area contributed by atoms with E-state index in [0.717, 1.165) is 46.8 Å². The second-order valence-electron chi connectivity index (χ2n) is 9.70. The monoisotopic (exact) mass is 458 g/mol. The van der Waals surface area contributed by atoms with Crippen molar-refractivity contribution in [2.75, 3.05) is 36.5 Å². The van der Waals surface area contributed by atoms with Gasteiger partial charge in [0.1, 0.15) is 0 Å². The quantitative estimate of drug-likeness (QED) is 0.492. The summed E-state index contributed by atoms with van der Waals surface area (Å²) >= 11 is 0. The van der Waals surface area contributed by atoms with E-state index in [1.807, 2.05) is 30.6 Å². The number of aryl methyl sites for hydroxylation is 1. The van der Waals surface area contributed by atoms with E-state index in [4.69, 9.17) is 4.74 Å². The van der Waals surface area contributed by atoms with Gasteiger partial charge in [0.25, 0.3) is 5.91 Å². The molecule has 1 N–H and O–H groups in total. The van der Waals surface area contributed by atoms with Gasteiger partial charge in [-0.3, -0.25) is 9.48 Å². The van der Waals surface area contributed by atoms with Gasteiger partial charge in [0, 0.05) is 49.1 Å². The Labute approximate surface area is 199 Å². The van der Waals surface area contributed by atoms with Crippen molar-refractivity contribution in [1.82, 2.24) is 19.2 Å². The summed E-state index contributed by atoms with van der Waals surface area (Å²) in [6.45, 7) is 11.3. The lowest BCUT2D eigenvalue weighted by atomic mass is 10.0. The number of nitrogens with one attached hydrogen (secondary N) is 1. The molecule has 8 nitrogen and oxygen atoms in total. The number of carbonyl (C=O) groups excluding carboxylic acids is 1. The molecule has 34 heavy (non-hydrogen) atoms. The van der Waals surface area contributed by atoms with Crippen LogP contribution in [0, 0.1) is 6.92 Å². The lowest BCUT2D eigenvalue weighted by Crippen LogP contribution is -2.36. The van der Waals surface area contributed by atoms with Gasteiger partial charge in [-0.05, 0) is 57.0 Å². The number of aromatic nitrogens is 4. The number of amides is 1. The molecular formula is C26H30N6O2. The highest BCUT2D eigenvalue weighted by Gasteiger charge is 2.19. The Morgan fingerprint density at radius 1 is 1.12 bits per heavy atom. The normalized spacial score (nSPS) is 14.5. The average Bonchev–Trinajstić information content (AvgIpc) is 3.50. The van der Waals surface area contributed by atoms with E-state index >= 15 is 0 Å². The molecule has 5 rings (SSSR count). The Morgan fingerprint density at radius 2 is 1.91 bits per heavy atom. The third-order valence-corrected chi connectivity index (χ3v) is 6.16. The number of hydrogen-bond donors (Lipinski definition) is 1. The first kappa shape index (κ1) is 22.2. The summed E-state index contributed by atoms with van der Waals surface area (Å²) in [7, 11) is 0. The second-order valence-corrected chi connectivity index (χ2v) is 9.70. The molecule has 0 aliphatic carbocycles. The van der Waals surface area contributed by atoms with E-state index in [1.165, 1.54) is 0 Å². The van der Waals surface area contributed by atoms with Crippen molar-refractivity contribution in [3.63, 3.8) is 0 Å². The Balaban J connectivity index is 1.47. The van der Waals surface area contributed by atoms with E-state index in [0.29, 0.717) is 18.8 Å². The maximum Gasteiger partial charge on any atom is 0.258 e. The number of ether oxygens (including phenoxy) is 1. The van der Waals surface area contributed by atoms with Crippen molar-refractivity contribution in [2.24, 2.45) is 0 Å². The molecule has 0 bridgehead atoms. The van der Waals surface area contributed by atoms with Crippen molar-refractivity contribution < 1.29 is 9.53 Å². The van der Waals surface area contributed by atoms with E-state index in [-0.39, 0.29) is 11.4 Å². The first-order chi connectivity index (χ1) is 16.3. The predicted molar refractivity (Wildman–Crippen MR) is 134 cm³/mol. The number of morpholine rings is 1. The van der Waals surface area contributed by atoms with E-state index in [1.54, 1.807) is 17.1 Å². The molecule has 1 fully saturated rings. The molecule has 8 heteroatoms. The Hall–Kier alpha value is -3.65. The zero-order chi connectivity index (χ0) is 23.9. The number of carbonyl (C=O) groups is 1. The molecular weight excluding hydrogens is 428 g/mol. The first-order valence-electron chi connectivity index (χ1n) is 11.6. The third-order valence-electron chi connectivity index (χ3n) is 6.16. The zero-order valence-corrected chi connectivity index (χ0v) is 20.1. The Morgan fingerprint density at radius 3 is 2.65 bits per heavy atom. The van der Waals surface area contributed by atoms with Crippen LogP contribution in [0.4, 0.5) is 11.4 Å². The largest absolute Gasteiger partial charge is 0.378 e. The standard InChI is InChI=1S/C26H30N6O2/c1-18-5-6-21(29-25(33)20-15-28-32(17-20)26(2,3)4)14-22(18)19-13-23(30-9-11-34-12-10-30)24-27-7-8-31(24)16-19/h5-8,13-17H,9-12H2,1-4H3,(H,29,33). The highest BCUT2D eigenvalue weighted by Crippen LogP contribution is 2.32. The maximum atomic E-state index is 12.9. The summed E-state index contributed by atoms with van der Waals surface area (Å²) < 4.78 is 9.41. The van der Waals surface area contributed by atoms with Gasteiger partial charge in [-0.15, -0.1) is 0 Å². The van der Waals surface area contributed by atoms with Crippen LogP contribution in [-0.2, 0) is 10.3 Å². The van der Waals surface area contributed by atoms with Crippen LogP contribution in [0.25, 0.3) is 16.8 Å². The summed E-state index contributed by atoms with van der Waals surface area (Å²) in [5.41, 5.74) is 6.39. The molecule has 0 spiro atoms. The van der Waals surface area contributed by atoms with Crippen LogP contribution in [0.15, 0.2) is 55.2 Å². The highest BCUT2D eigenvalue weighted by atomic mass is 16.5. The summed E-state index contributed by atoms with van der Waals surface area (Å²) in [4.78, 5) is 19.8. The van der Waals surface area contributed by atoms with Crippen LogP contribution in [0.1, 0.15) is 36.7 Å². The van der Waals surface area contributed by atoms with E-state index in [9.17, 15) is 4.79 Å². The molecule has 0 saturated carbocycles. The van der Waals surface area contributed by atoms with Gasteiger partial charge in [0.15, 0.2) is 5.65 Å². The van der Waals surface area contributed by atoms with Crippen LogP contribution in [0.5, 0.6) is 0 Å². The van der Waals surface area contributed by atoms with Crippen molar-refractivity contribution >= 4 is 22.9 Å². The molecule has 1 aliphatic rings. The molecule has 0 atom stereocenters. The number of anilines is 2. The molecule has 4 heterocycles. The van der Waals surface area contributed by atoms with Crippen LogP contribution in [0.2, 0.25) is 0 Å². The maximum absolute atomic E-state index is 12.9. The lowest BCUT2D eigenvalue weighted by Gasteiger charge is -2.29. The smallest absolute Gasteiger partial charge is 0.258 e. The van der Waals surface area contributed by atoms with Crippen molar-refractivity contribution in [1.29, 1.82) is 0 Å². The number of imidazole rings is 1. The predicted octanol–water partition coefficient (Wildman–Crippen LogP) is 4.35. The lowest BCUT2D eigenvalue weighted by molar-refractivity contribution is 0.102. The fourth-order valence-electron chi connectivity index (χ4n) is 4.22.